The second-order valence-electron chi connectivity index (χ2n) is 7.47. The van der Waals surface area contributed by atoms with Crippen LogP contribution in [-0.4, -0.2) is 26.4 Å². The fourth-order valence-corrected chi connectivity index (χ4v) is 8.55. The van der Waals surface area contributed by atoms with Gasteiger partial charge in [-0.2, -0.15) is 0 Å². The first kappa shape index (κ1) is 24.1. The molecule has 0 aliphatic carbocycles. The molecule has 0 amide bonds. The highest BCUT2D eigenvalue weighted by molar-refractivity contribution is 8.29. The molecule has 0 saturated carbocycles. The number of halogens is 4. The first-order chi connectivity index (χ1) is 17.5. The van der Waals surface area contributed by atoms with Gasteiger partial charge in [0.05, 0.1) is 19.6 Å². The minimum Gasteiger partial charge on any atom is -0.480 e. The Balaban J connectivity index is 1.63. The third kappa shape index (κ3) is 4.27. The van der Waals surface area contributed by atoms with E-state index in [4.69, 9.17) is 18.9 Å². The van der Waals surface area contributed by atoms with Gasteiger partial charge in [-0.15, -0.1) is 0 Å². The van der Waals surface area contributed by atoms with Gasteiger partial charge in [0.2, 0.25) is 20.4 Å². The molecule has 0 spiro atoms. The van der Waals surface area contributed by atoms with Crippen LogP contribution in [0.4, 0.5) is 17.6 Å². The van der Waals surface area contributed by atoms with E-state index in [2.05, 4.69) is 0 Å². The highest BCUT2D eigenvalue weighted by atomic mass is 32.2. The number of hydrogen-bond acceptors (Lipinski definition) is 8. The summed E-state index contributed by atoms with van der Waals surface area (Å²) >= 11 is 4.41. The Morgan fingerprint density at radius 1 is 0.500 bits per heavy atom. The molecule has 4 aliphatic rings. The molecule has 36 heavy (non-hydrogen) atoms. The van der Waals surface area contributed by atoms with Gasteiger partial charge in [-0.3, -0.25) is 0 Å². The summed E-state index contributed by atoms with van der Waals surface area (Å²) < 4.78 is 84.7. The van der Waals surface area contributed by atoms with Crippen molar-refractivity contribution in [3.05, 3.63) is 99.6 Å². The zero-order chi connectivity index (χ0) is 24.8. The first-order valence-corrected chi connectivity index (χ1v) is 13.9. The Morgan fingerprint density at radius 2 is 0.778 bits per heavy atom. The molecule has 2 aromatic rings. The standard InChI is InChI=1S/C24H14F4O4S4/c25-11-3-1-4-12(26)15(11)17(23-33-19-20(34-23)30-8-7-29-19)18(16-13(27)5-2-6-14(16)28)24-35-21-22(36-24)32-10-9-31-21/h1-6H,7-10H2. The highest BCUT2D eigenvalue weighted by Crippen LogP contribution is 2.61. The van der Waals surface area contributed by atoms with Crippen molar-refractivity contribution < 1.29 is 36.5 Å². The van der Waals surface area contributed by atoms with E-state index in [1.54, 1.807) is 0 Å². The van der Waals surface area contributed by atoms with Gasteiger partial charge in [0.25, 0.3) is 0 Å². The Morgan fingerprint density at radius 3 is 1.06 bits per heavy atom. The fraction of sp³-hybridized carbons (Fsp3) is 0.167. The normalized spacial score (nSPS) is 18.8. The monoisotopic (exact) mass is 570 g/mol. The van der Waals surface area contributed by atoms with E-state index >= 15 is 17.6 Å². The summed E-state index contributed by atoms with van der Waals surface area (Å²) in [5.41, 5.74) is -0.849. The molecule has 6 rings (SSSR count). The molecular formula is C24H14F4O4S4. The quantitative estimate of drug-likeness (QED) is 0.350. The van der Waals surface area contributed by atoms with Crippen LogP contribution in [0.25, 0.3) is 11.1 Å². The molecule has 4 nitrogen and oxygen atoms in total. The van der Waals surface area contributed by atoms with Gasteiger partial charge in [0.1, 0.15) is 49.7 Å². The highest BCUT2D eigenvalue weighted by Gasteiger charge is 2.38. The summed E-state index contributed by atoms with van der Waals surface area (Å²) in [6.45, 7) is 1.26. The number of rotatable bonds is 3. The van der Waals surface area contributed by atoms with Crippen LogP contribution < -0.4 is 0 Å². The summed E-state index contributed by atoms with van der Waals surface area (Å²) in [6, 6.07) is 6.89. The van der Waals surface area contributed by atoms with Crippen molar-refractivity contribution in [1.82, 2.24) is 0 Å². The molecule has 12 heteroatoms. The number of allylic oxidation sites excluding steroid dienone is 2. The van der Waals surface area contributed by atoms with Gasteiger partial charge in [0.15, 0.2) is 0 Å². The summed E-state index contributed by atoms with van der Waals surface area (Å²) in [5, 5.41) is 1.74. The predicted molar refractivity (Wildman–Crippen MR) is 135 cm³/mol. The van der Waals surface area contributed by atoms with E-state index in [-0.39, 0.29) is 11.1 Å². The van der Waals surface area contributed by atoms with Gasteiger partial charge < -0.3 is 18.9 Å². The number of hydrogen-bond donors (Lipinski definition) is 0. The van der Waals surface area contributed by atoms with E-state index in [1.165, 1.54) is 12.1 Å². The molecule has 4 aliphatic heterocycles. The van der Waals surface area contributed by atoms with Crippen LogP contribution in [-0.2, 0) is 18.9 Å². The molecule has 0 bridgehead atoms. The smallest absolute Gasteiger partial charge is 0.208 e. The van der Waals surface area contributed by atoms with Gasteiger partial charge in [-0.25, -0.2) is 17.6 Å². The van der Waals surface area contributed by atoms with Crippen LogP contribution in [0, 0.1) is 23.3 Å². The average Bonchev–Trinajstić information content (AvgIpc) is 3.48. The minimum atomic E-state index is -0.876. The lowest BCUT2D eigenvalue weighted by molar-refractivity contribution is 0.0949. The van der Waals surface area contributed by atoms with Crippen molar-refractivity contribution in [2.24, 2.45) is 0 Å². The van der Waals surface area contributed by atoms with Crippen molar-refractivity contribution in [2.45, 2.75) is 0 Å². The summed E-state index contributed by atoms with van der Waals surface area (Å²) in [6.07, 6.45) is 0. The summed E-state index contributed by atoms with van der Waals surface area (Å²) in [5.74, 6) is -3.51. The molecule has 186 valence electrons. The van der Waals surface area contributed by atoms with E-state index < -0.39 is 34.4 Å². The van der Waals surface area contributed by atoms with Crippen LogP contribution in [0.1, 0.15) is 11.1 Å². The fourth-order valence-electron chi connectivity index (χ4n) is 3.77. The summed E-state index contributed by atoms with van der Waals surface area (Å²) in [7, 11) is 0. The zero-order valence-electron chi connectivity index (χ0n) is 18.1. The third-order valence-electron chi connectivity index (χ3n) is 5.26. The van der Waals surface area contributed by atoms with Gasteiger partial charge >= 0.3 is 0 Å². The Labute approximate surface area is 220 Å². The molecule has 0 aromatic heterocycles. The topological polar surface area (TPSA) is 36.9 Å². The SMILES string of the molecule is Fc1cccc(F)c1C(=C1SC2=C(OCCO2)S1)C(=C1SC2=C(OCCO2)S1)c1c(F)cccc1F. The van der Waals surface area contributed by atoms with Crippen LogP contribution in [0.3, 0.4) is 0 Å². The van der Waals surface area contributed by atoms with Crippen LogP contribution in [0.2, 0.25) is 0 Å². The van der Waals surface area contributed by atoms with E-state index in [9.17, 15) is 0 Å². The van der Waals surface area contributed by atoms with Crippen molar-refractivity contribution in [2.75, 3.05) is 26.4 Å². The maximum atomic E-state index is 15.3. The maximum Gasteiger partial charge on any atom is 0.208 e. The molecule has 4 heterocycles. The molecular weight excluding hydrogens is 557 g/mol. The lowest BCUT2D eigenvalue weighted by Crippen LogP contribution is -2.08. The molecule has 0 radical (unpaired) electrons. The largest absolute Gasteiger partial charge is 0.480 e. The average molecular weight is 571 g/mol. The number of thioether (sulfide) groups is 4. The van der Waals surface area contributed by atoms with Crippen LogP contribution in [0.5, 0.6) is 0 Å². The summed E-state index contributed by atoms with van der Waals surface area (Å²) in [4.78, 5) is 0. The van der Waals surface area contributed by atoms with E-state index in [1.807, 2.05) is 0 Å². The Hall–Kier alpha value is -2.28. The third-order valence-corrected chi connectivity index (χ3v) is 10.0. The van der Waals surface area contributed by atoms with Crippen molar-refractivity contribution in [3.8, 4) is 0 Å². The van der Waals surface area contributed by atoms with Gasteiger partial charge in [-0.1, -0.05) is 12.1 Å². The van der Waals surface area contributed by atoms with E-state index in [0.717, 1.165) is 71.3 Å². The lowest BCUT2D eigenvalue weighted by atomic mass is 9.93. The van der Waals surface area contributed by atoms with Gasteiger partial charge in [-0.05, 0) is 71.3 Å². The number of benzene rings is 2. The van der Waals surface area contributed by atoms with Crippen molar-refractivity contribution in [1.29, 1.82) is 0 Å². The van der Waals surface area contributed by atoms with Crippen LogP contribution in [0.15, 0.2) is 65.2 Å². The van der Waals surface area contributed by atoms with E-state index in [0.29, 0.717) is 55.3 Å². The number of ether oxygens (including phenoxy) is 4. The lowest BCUT2D eigenvalue weighted by Gasteiger charge is -2.20. The predicted octanol–water partition coefficient (Wildman–Crippen LogP) is 7.59. The molecule has 0 saturated heterocycles. The Bertz CT molecular complexity index is 1220. The first-order valence-electron chi connectivity index (χ1n) is 10.6. The second kappa shape index (κ2) is 9.88. The maximum absolute atomic E-state index is 15.3. The molecule has 2 aromatic carbocycles. The molecule has 0 atom stereocenters. The molecule has 0 fully saturated rings. The molecule has 0 unspecified atom stereocenters. The molecule has 0 N–H and O–H groups in total. The van der Waals surface area contributed by atoms with Crippen molar-refractivity contribution in [3.63, 3.8) is 0 Å². The second-order valence-corrected chi connectivity index (χ2v) is 11.9. The van der Waals surface area contributed by atoms with Crippen molar-refractivity contribution >= 4 is 58.2 Å². The zero-order valence-corrected chi connectivity index (χ0v) is 21.3. The Kier molecular flexibility index (Phi) is 6.61. The minimum absolute atomic E-state index is 0.0129. The van der Waals surface area contributed by atoms with Crippen LogP contribution >= 0.6 is 47.0 Å². The van der Waals surface area contributed by atoms with Gasteiger partial charge in [0, 0.05) is 11.1 Å².